The molecular weight excluding hydrogens is 280 g/mol. The first-order chi connectivity index (χ1) is 9.09. The number of carbonyl (C=O) groups is 3. The van der Waals surface area contributed by atoms with Gasteiger partial charge >= 0.3 is 5.97 Å². The highest BCUT2D eigenvalue weighted by Gasteiger charge is 2.27. The molecule has 0 saturated heterocycles. The maximum Gasteiger partial charge on any atom is 0.326 e. The van der Waals surface area contributed by atoms with E-state index < -0.39 is 29.4 Å². The molecule has 0 aromatic heterocycles. The van der Waals surface area contributed by atoms with Crippen molar-refractivity contribution in [2.45, 2.75) is 46.2 Å². The molecule has 0 saturated carbocycles. The zero-order valence-electron chi connectivity index (χ0n) is 12.6. The molecule has 7 heteroatoms. The van der Waals surface area contributed by atoms with Crippen LogP contribution in [-0.4, -0.2) is 47.0 Å². The van der Waals surface area contributed by atoms with E-state index in [9.17, 15) is 14.4 Å². The predicted molar refractivity (Wildman–Crippen MR) is 79.6 cm³/mol. The SMILES string of the molecule is CSCCC(NC(=O)C(C)NC(=O)C(C)(C)C)C(=O)O. The lowest BCUT2D eigenvalue weighted by Gasteiger charge is -2.22. The van der Waals surface area contributed by atoms with Gasteiger partial charge < -0.3 is 15.7 Å². The number of thioether (sulfide) groups is 1. The Balaban J connectivity index is 4.50. The summed E-state index contributed by atoms with van der Waals surface area (Å²) < 4.78 is 0. The largest absolute Gasteiger partial charge is 0.480 e. The molecular formula is C13H24N2O4S. The second-order valence-electron chi connectivity index (χ2n) is 5.63. The van der Waals surface area contributed by atoms with Gasteiger partial charge in [-0.1, -0.05) is 20.8 Å². The van der Waals surface area contributed by atoms with Crippen molar-refractivity contribution in [3.63, 3.8) is 0 Å². The summed E-state index contributed by atoms with van der Waals surface area (Å²) in [6, 6.07) is -1.69. The van der Waals surface area contributed by atoms with Crippen LogP contribution in [0.4, 0.5) is 0 Å². The summed E-state index contributed by atoms with van der Waals surface area (Å²) in [4.78, 5) is 34.7. The van der Waals surface area contributed by atoms with Gasteiger partial charge in [-0.3, -0.25) is 9.59 Å². The van der Waals surface area contributed by atoms with Crippen molar-refractivity contribution in [2.75, 3.05) is 12.0 Å². The van der Waals surface area contributed by atoms with Gasteiger partial charge in [-0.05, 0) is 25.4 Å². The fourth-order valence-electron chi connectivity index (χ4n) is 1.27. The Hall–Kier alpha value is -1.24. The normalized spacial score (nSPS) is 14.2. The Labute approximate surface area is 124 Å². The van der Waals surface area contributed by atoms with Gasteiger partial charge in [0, 0.05) is 5.41 Å². The molecule has 2 unspecified atom stereocenters. The minimum Gasteiger partial charge on any atom is -0.480 e. The third-order valence-electron chi connectivity index (χ3n) is 2.65. The molecule has 2 amide bonds. The molecule has 0 aromatic carbocycles. The van der Waals surface area contributed by atoms with Crippen molar-refractivity contribution in [3.8, 4) is 0 Å². The van der Waals surface area contributed by atoms with E-state index in [-0.39, 0.29) is 5.91 Å². The van der Waals surface area contributed by atoms with E-state index in [2.05, 4.69) is 10.6 Å². The van der Waals surface area contributed by atoms with E-state index in [1.807, 2.05) is 6.26 Å². The average molecular weight is 304 g/mol. The second kappa shape index (κ2) is 8.14. The molecule has 20 heavy (non-hydrogen) atoms. The monoisotopic (exact) mass is 304 g/mol. The standard InChI is InChI=1S/C13H24N2O4S/c1-8(14-12(19)13(2,3)4)10(16)15-9(11(17)18)6-7-20-5/h8-9H,6-7H2,1-5H3,(H,14,19)(H,15,16)(H,17,18). The molecule has 0 fully saturated rings. The number of nitrogens with one attached hydrogen (secondary N) is 2. The van der Waals surface area contributed by atoms with Crippen LogP contribution in [0.25, 0.3) is 0 Å². The molecule has 2 atom stereocenters. The van der Waals surface area contributed by atoms with Gasteiger partial charge in [0.15, 0.2) is 0 Å². The number of rotatable bonds is 7. The summed E-state index contributed by atoms with van der Waals surface area (Å²) in [5.74, 6) is -1.17. The number of carbonyl (C=O) groups excluding carboxylic acids is 2. The average Bonchev–Trinajstić information content (AvgIpc) is 2.32. The maximum absolute atomic E-state index is 11.9. The first-order valence-corrected chi connectivity index (χ1v) is 7.82. The van der Waals surface area contributed by atoms with Crippen molar-refractivity contribution >= 4 is 29.5 Å². The molecule has 0 heterocycles. The summed E-state index contributed by atoms with van der Waals surface area (Å²) >= 11 is 1.51. The topological polar surface area (TPSA) is 95.5 Å². The lowest BCUT2D eigenvalue weighted by atomic mass is 9.95. The minimum atomic E-state index is -1.07. The maximum atomic E-state index is 11.9. The van der Waals surface area contributed by atoms with Gasteiger partial charge in [-0.15, -0.1) is 0 Å². The lowest BCUT2D eigenvalue weighted by Crippen LogP contribution is -2.52. The summed E-state index contributed by atoms with van der Waals surface area (Å²) in [5.41, 5.74) is -0.598. The van der Waals surface area contributed by atoms with Crippen LogP contribution < -0.4 is 10.6 Å². The molecule has 0 aromatic rings. The Morgan fingerprint density at radius 3 is 2.15 bits per heavy atom. The van der Waals surface area contributed by atoms with Crippen molar-refractivity contribution in [1.29, 1.82) is 0 Å². The van der Waals surface area contributed by atoms with Crippen LogP contribution in [0.15, 0.2) is 0 Å². The zero-order chi connectivity index (χ0) is 15.9. The van der Waals surface area contributed by atoms with Gasteiger partial charge in [0.1, 0.15) is 12.1 Å². The summed E-state index contributed by atoms with van der Waals surface area (Å²) in [7, 11) is 0. The Morgan fingerprint density at radius 2 is 1.75 bits per heavy atom. The van der Waals surface area contributed by atoms with E-state index in [4.69, 9.17) is 5.11 Å². The van der Waals surface area contributed by atoms with Crippen molar-refractivity contribution in [2.24, 2.45) is 5.41 Å². The quantitative estimate of drug-likeness (QED) is 0.648. The highest BCUT2D eigenvalue weighted by Crippen LogP contribution is 2.12. The third-order valence-corrected chi connectivity index (χ3v) is 3.29. The van der Waals surface area contributed by atoms with Crippen LogP contribution in [0.3, 0.4) is 0 Å². The Morgan fingerprint density at radius 1 is 1.20 bits per heavy atom. The smallest absolute Gasteiger partial charge is 0.326 e. The van der Waals surface area contributed by atoms with Gasteiger partial charge in [0.25, 0.3) is 0 Å². The van der Waals surface area contributed by atoms with E-state index in [0.29, 0.717) is 12.2 Å². The van der Waals surface area contributed by atoms with Crippen LogP contribution in [0, 0.1) is 5.41 Å². The number of amides is 2. The second-order valence-corrected chi connectivity index (χ2v) is 6.61. The van der Waals surface area contributed by atoms with Crippen LogP contribution in [-0.2, 0) is 14.4 Å². The van der Waals surface area contributed by atoms with Gasteiger partial charge in [-0.25, -0.2) is 4.79 Å². The Bertz CT molecular complexity index is 366. The van der Waals surface area contributed by atoms with Gasteiger partial charge in [0.05, 0.1) is 0 Å². The molecule has 0 radical (unpaired) electrons. The number of hydrogen-bond donors (Lipinski definition) is 3. The van der Waals surface area contributed by atoms with Crippen LogP contribution in [0.1, 0.15) is 34.1 Å². The van der Waals surface area contributed by atoms with Crippen molar-refractivity contribution < 1.29 is 19.5 Å². The lowest BCUT2D eigenvalue weighted by molar-refractivity contribution is -0.142. The van der Waals surface area contributed by atoms with E-state index in [1.165, 1.54) is 18.7 Å². The number of carboxylic acid groups (broad SMARTS) is 1. The molecule has 0 aliphatic rings. The first-order valence-electron chi connectivity index (χ1n) is 6.42. The first kappa shape index (κ1) is 18.8. The fourth-order valence-corrected chi connectivity index (χ4v) is 1.74. The van der Waals surface area contributed by atoms with Crippen LogP contribution in [0.5, 0.6) is 0 Å². The highest BCUT2D eigenvalue weighted by atomic mass is 32.2. The van der Waals surface area contributed by atoms with Crippen molar-refractivity contribution in [1.82, 2.24) is 10.6 Å². The zero-order valence-corrected chi connectivity index (χ0v) is 13.5. The van der Waals surface area contributed by atoms with Crippen LogP contribution in [0.2, 0.25) is 0 Å². The van der Waals surface area contributed by atoms with Gasteiger partial charge in [-0.2, -0.15) is 11.8 Å². The molecule has 0 aliphatic heterocycles. The summed E-state index contributed by atoms with van der Waals surface area (Å²) in [6.45, 7) is 6.76. The Kier molecular flexibility index (Phi) is 7.63. The molecule has 0 spiro atoms. The summed E-state index contributed by atoms with van der Waals surface area (Å²) in [6.07, 6.45) is 2.22. The number of carboxylic acids is 1. The van der Waals surface area contributed by atoms with E-state index in [0.717, 1.165) is 0 Å². The molecule has 0 bridgehead atoms. The fraction of sp³-hybridized carbons (Fsp3) is 0.769. The predicted octanol–water partition coefficient (Wildman–Crippen LogP) is 0.860. The van der Waals surface area contributed by atoms with Crippen molar-refractivity contribution in [3.05, 3.63) is 0 Å². The number of hydrogen-bond acceptors (Lipinski definition) is 4. The molecule has 116 valence electrons. The summed E-state index contributed by atoms with van der Waals surface area (Å²) in [5, 5.41) is 14.0. The molecule has 0 aliphatic carbocycles. The van der Waals surface area contributed by atoms with E-state index >= 15 is 0 Å². The molecule has 6 nitrogen and oxygen atoms in total. The van der Waals surface area contributed by atoms with Gasteiger partial charge in [0.2, 0.25) is 11.8 Å². The molecule has 0 rings (SSSR count). The minimum absolute atomic E-state index is 0.254. The van der Waals surface area contributed by atoms with Crippen LogP contribution >= 0.6 is 11.8 Å². The van der Waals surface area contributed by atoms with E-state index in [1.54, 1.807) is 20.8 Å². The highest BCUT2D eigenvalue weighted by molar-refractivity contribution is 7.98. The molecule has 3 N–H and O–H groups in total. The number of aliphatic carboxylic acids is 1. The third kappa shape index (κ3) is 6.79.